The quantitative estimate of drug-likeness (QED) is 0.860. The Bertz CT molecular complexity index is 590. The molecule has 0 aliphatic carbocycles. The summed E-state index contributed by atoms with van der Waals surface area (Å²) in [4.78, 5) is 28.0. The van der Waals surface area contributed by atoms with Crippen LogP contribution < -0.4 is 0 Å². The molecular weight excluding hydrogens is 295 g/mol. The smallest absolute Gasteiger partial charge is 0.242 e. The van der Waals surface area contributed by atoms with Gasteiger partial charge in [-0.15, -0.1) is 0 Å². The van der Waals surface area contributed by atoms with Gasteiger partial charge in [-0.25, -0.2) is 4.39 Å². The maximum absolute atomic E-state index is 13.6. The number of hydrogen-bond donors (Lipinski definition) is 0. The first-order chi connectivity index (χ1) is 11.1. The van der Waals surface area contributed by atoms with Gasteiger partial charge in [0.2, 0.25) is 11.8 Å². The summed E-state index contributed by atoms with van der Waals surface area (Å²) in [7, 11) is 0. The van der Waals surface area contributed by atoms with Gasteiger partial charge in [-0.3, -0.25) is 9.59 Å². The minimum atomic E-state index is -0.270. The van der Waals surface area contributed by atoms with Crippen molar-refractivity contribution in [3.8, 4) is 0 Å². The fourth-order valence-electron chi connectivity index (χ4n) is 3.59. The Balaban J connectivity index is 1.78. The van der Waals surface area contributed by atoms with Crippen molar-refractivity contribution in [2.45, 2.75) is 44.6 Å². The second kappa shape index (κ2) is 7.11. The molecule has 2 heterocycles. The molecule has 2 fully saturated rings. The Morgan fingerprint density at radius 2 is 2.04 bits per heavy atom. The molecule has 0 saturated carbocycles. The topological polar surface area (TPSA) is 40.6 Å². The van der Waals surface area contributed by atoms with Crippen LogP contribution in [0.25, 0.3) is 0 Å². The highest BCUT2D eigenvalue weighted by atomic mass is 19.1. The third kappa shape index (κ3) is 3.71. The SMILES string of the molecule is O=C1CCCN1CC(=O)N1CCCCCC1c1cccc(F)c1. The minimum Gasteiger partial charge on any atom is -0.334 e. The number of benzene rings is 1. The van der Waals surface area contributed by atoms with E-state index in [-0.39, 0.29) is 30.2 Å². The predicted molar refractivity (Wildman–Crippen MR) is 85.1 cm³/mol. The van der Waals surface area contributed by atoms with Crippen molar-refractivity contribution < 1.29 is 14.0 Å². The van der Waals surface area contributed by atoms with E-state index in [1.54, 1.807) is 11.0 Å². The zero-order valence-electron chi connectivity index (χ0n) is 13.3. The molecule has 2 aliphatic heterocycles. The van der Waals surface area contributed by atoms with Crippen molar-refractivity contribution in [3.63, 3.8) is 0 Å². The highest BCUT2D eigenvalue weighted by Crippen LogP contribution is 2.30. The summed E-state index contributed by atoms with van der Waals surface area (Å²) in [5.74, 6) is -0.222. The van der Waals surface area contributed by atoms with Crippen LogP contribution in [0, 0.1) is 5.82 Å². The molecule has 2 aliphatic rings. The summed E-state index contributed by atoms with van der Waals surface area (Å²) in [6, 6.07) is 6.45. The number of rotatable bonds is 3. The van der Waals surface area contributed by atoms with Crippen molar-refractivity contribution in [1.82, 2.24) is 9.80 Å². The summed E-state index contributed by atoms with van der Waals surface area (Å²) in [5, 5.41) is 0. The molecular formula is C18H23FN2O2. The van der Waals surface area contributed by atoms with Gasteiger partial charge in [0.05, 0.1) is 12.6 Å². The van der Waals surface area contributed by atoms with Crippen molar-refractivity contribution in [3.05, 3.63) is 35.6 Å². The molecule has 1 atom stereocenters. The summed E-state index contributed by atoms with van der Waals surface area (Å²) in [6.45, 7) is 1.51. The average molecular weight is 318 g/mol. The second-order valence-corrected chi connectivity index (χ2v) is 6.43. The van der Waals surface area contributed by atoms with Crippen LogP contribution in [0.1, 0.15) is 50.1 Å². The molecule has 4 nitrogen and oxygen atoms in total. The Morgan fingerprint density at radius 1 is 1.17 bits per heavy atom. The van der Waals surface area contributed by atoms with E-state index >= 15 is 0 Å². The molecule has 2 amide bonds. The van der Waals surface area contributed by atoms with Gasteiger partial charge in [0, 0.05) is 19.5 Å². The van der Waals surface area contributed by atoms with E-state index in [1.165, 1.54) is 12.1 Å². The fraction of sp³-hybridized carbons (Fsp3) is 0.556. The molecule has 0 bridgehead atoms. The van der Waals surface area contributed by atoms with Crippen LogP contribution in [0.2, 0.25) is 0 Å². The van der Waals surface area contributed by atoms with Gasteiger partial charge >= 0.3 is 0 Å². The Morgan fingerprint density at radius 3 is 2.78 bits per heavy atom. The Labute approximate surface area is 136 Å². The molecule has 1 aromatic rings. The standard InChI is InChI=1S/C18H23FN2O2/c19-15-7-4-6-14(12-15)16-8-2-1-3-11-21(16)18(23)13-20-10-5-9-17(20)22/h4,6-7,12,16H,1-3,5,8-11,13H2. The number of carbonyl (C=O) groups is 2. The number of likely N-dealkylation sites (tertiary alicyclic amines) is 2. The second-order valence-electron chi connectivity index (χ2n) is 6.43. The van der Waals surface area contributed by atoms with Gasteiger partial charge in [-0.05, 0) is 37.0 Å². The molecule has 0 radical (unpaired) electrons. The third-order valence-electron chi connectivity index (χ3n) is 4.80. The lowest BCUT2D eigenvalue weighted by Gasteiger charge is -2.32. The third-order valence-corrected chi connectivity index (χ3v) is 4.80. The van der Waals surface area contributed by atoms with Crippen molar-refractivity contribution in [2.75, 3.05) is 19.6 Å². The first-order valence-electron chi connectivity index (χ1n) is 8.48. The lowest BCUT2D eigenvalue weighted by Crippen LogP contribution is -2.42. The summed E-state index contributed by atoms with van der Waals surface area (Å²) in [6.07, 6.45) is 5.31. The summed E-state index contributed by atoms with van der Waals surface area (Å²) < 4.78 is 13.6. The monoisotopic (exact) mass is 318 g/mol. The van der Waals surface area contributed by atoms with E-state index in [2.05, 4.69) is 0 Å². The van der Waals surface area contributed by atoms with E-state index in [0.29, 0.717) is 19.5 Å². The molecule has 0 N–H and O–H groups in total. The largest absolute Gasteiger partial charge is 0.334 e. The van der Waals surface area contributed by atoms with Crippen LogP contribution in [-0.2, 0) is 9.59 Å². The minimum absolute atomic E-state index is 0.0172. The lowest BCUT2D eigenvalue weighted by atomic mass is 10.0. The Hall–Kier alpha value is -1.91. The molecule has 124 valence electrons. The zero-order chi connectivity index (χ0) is 16.2. The van der Waals surface area contributed by atoms with Crippen LogP contribution >= 0.6 is 0 Å². The molecule has 1 aromatic carbocycles. The molecule has 5 heteroatoms. The Kier molecular flexibility index (Phi) is 4.94. The highest BCUT2D eigenvalue weighted by molar-refractivity contribution is 5.86. The molecule has 0 aromatic heterocycles. The molecule has 3 rings (SSSR count). The molecule has 1 unspecified atom stereocenters. The van der Waals surface area contributed by atoms with E-state index < -0.39 is 0 Å². The van der Waals surface area contributed by atoms with Crippen LogP contribution in [0.15, 0.2) is 24.3 Å². The molecule has 0 spiro atoms. The normalized spacial score (nSPS) is 22.3. The van der Waals surface area contributed by atoms with Crippen LogP contribution in [0.3, 0.4) is 0 Å². The van der Waals surface area contributed by atoms with Crippen LogP contribution in [0.5, 0.6) is 0 Å². The fourth-order valence-corrected chi connectivity index (χ4v) is 3.59. The van der Waals surface area contributed by atoms with E-state index in [0.717, 1.165) is 37.7 Å². The van der Waals surface area contributed by atoms with Crippen molar-refractivity contribution >= 4 is 11.8 Å². The van der Waals surface area contributed by atoms with Crippen LogP contribution in [0.4, 0.5) is 4.39 Å². The van der Waals surface area contributed by atoms with Crippen molar-refractivity contribution in [1.29, 1.82) is 0 Å². The number of amides is 2. The first kappa shape index (κ1) is 16.0. The van der Waals surface area contributed by atoms with Gasteiger partial charge in [0.1, 0.15) is 5.82 Å². The first-order valence-corrected chi connectivity index (χ1v) is 8.48. The van der Waals surface area contributed by atoms with Gasteiger partial charge in [-0.1, -0.05) is 25.0 Å². The van der Waals surface area contributed by atoms with Gasteiger partial charge in [0.25, 0.3) is 0 Å². The summed E-state index contributed by atoms with van der Waals surface area (Å²) >= 11 is 0. The van der Waals surface area contributed by atoms with E-state index in [4.69, 9.17) is 0 Å². The maximum Gasteiger partial charge on any atom is 0.242 e. The lowest BCUT2D eigenvalue weighted by molar-refractivity contribution is -0.140. The van der Waals surface area contributed by atoms with Crippen molar-refractivity contribution in [2.24, 2.45) is 0 Å². The van der Waals surface area contributed by atoms with E-state index in [1.807, 2.05) is 11.0 Å². The number of carbonyl (C=O) groups excluding carboxylic acids is 2. The summed E-state index contributed by atoms with van der Waals surface area (Å²) in [5.41, 5.74) is 0.855. The maximum atomic E-state index is 13.6. The molecule has 2 saturated heterocycles. The van der Waals surface area contributed by atoms with Gasteiger partial charge < -0.3 is 9.80 Å². The predicted octanol–water partition coefficient (Wildman–Crippen LogP) is 2.89. The van der Waals surface area contributed by atoms with Gasteiger partial charge in [0.15, 0.2) is 0 Å². The van der Waals surface area contributed by atoms with Crippen LogP contribution in [-0.4, -0.2) is 41.2 Å². The zero-order valence-corrected chi connectivity index (χ0v) is 13.3. The highest BCUT2D eigenvalue weighted by Gasteiger charge is 2.30. The number of hydrogen-bond acceptors (Lipinski definition) is 2. The van der Waals surface area contributed by atoms with Gasteiger partial charge in [-0.2, -0.15) is 0 Å². The molecule has 23 heavy (non-hydrogen) atoms. The number of nitrogens with zero attached hydrogens (tertiary/aromatic N) is 2. The number of halogens is 1. The van der Waals surface area contributed by atoms with E-state index in [9.17, 15) is 14.0 Å². The average Bonchev–Trinajstić information content (AvgIpc) is 2.80.